The molecule has 0 aliphatic heterocycles. The van der Waals surface area contributed by atoms with E-state index in [9.17, 15) is 22.0 Å². The largest absolute Gasteiger partial charge is 0.383 e. The average molecular weight is 531 g/mol. The molecular formula is C20H21ClF2N6O3S2. The summed E-state index contributed by atoms with van der Waals surface area (Å²) in [5.41, 5.74) is 0.150. The van der Waals surface area contributed by atoms with Gasteiger partial charge < -0.3 is 16.0 Å². The van der Waals surface area contributed by atoms with E-state index in [4.69, 9.17) is 11.6 Å². The Balaban J connectivity index is 1.71. The summed E-state index contributed by atoms with van der Waals surface area (Å²) in [6.45, 7) is 4.16. The predicted octanol–water partition coefficient (Wildman–Crippen LogP) is 3.22. The lowest BCUT2D eigenvalue weighted by Gasteiger charge is -2.14. The van der Waals surface area contributed by atoms with E-state index in [1.807, 2.05) is 11.6 Å². The minimum atomic E-state index is -4.24. The van der Waals surface area contributed by atoms with Crippen molar-refractivity contribution in [3.05, 3.63) is 64.4 Å². The van der Waals surface area contributed by atoms with Crippen LogP contribution in [0, 0.1) is 11.6 Å². The molecule has 0 saturated carbocycles. The van der Waals surface area contributed by atoms with Crippen molar-refractivity contribution in [3.63, 3.8) is 0 Å². The van der Waals surface area contributed by atoms with Gasteiger partial charge in [-0.2, -0.15) is 12.8 Å². The molecule has 0 aliphatic rings. The van der Waals surface area contributed by atoms with Crippen LogP contribution in [-0.4, -0.2) is 43.3 Å². The molecule has 4 N–H and O–H groups in total. The number of carbonyl (C=O) groups excluding carboxylic acids is 1. The van der Waals surface area contributed by atoms with Gasteiger partial charge in [-0.15, -0.1) is 0 Å². The molecule has 1 aromatic heterocycles. The van der Waals surface area contributed by atoms with Crippen molar-refractivity contribution in [1.29, 1.82) is 0 Å². The summed E-state index contributed by atoms with van der Waals surface area (Å²) in [7, 11) is -4.24. The zero-order chi connectivity index (χ0) is 24.7. The minimum Gasteiger partial charge on any atom is -0.383 e. The van der Waals surface area contributed by atoms with Crippen LogP contribution in [0.1, 0.15) is 22.8 Å². The Labute approximate surface area is 204 Å². The van der Waals surface area contributed by atoms with Crippen LogP contribution in [-0.2, 0) is 16.6 Å². The SMILES string of the molecule is CCNCCNc1cc(Cl)ccc1CNC(=O)c1cc(F)c(NS(=O)(=O)c2ncns2)cc1F. The number of hydrogen-bond acceptors (Lipinski definition) is 8. The Morgan fingerprint density at radius 2 is 1.91 bits per heavy atom. The summed E-state index contributed by atoms with van der Waals surface area (Å²) < 4.78 is 58.5. The predicted molar refractivity (Wildman–Crippen MR) is 127 cm³/mol. The molecule has 0 unspecified atom stereocenters. The zero-order valence-corrected chi connectivity index (χ0v) is 20.3. The Kier molecular flexibility index (Phi) is 8.72. The molecule has 3 aromatic rings. The highest BCUT2D eigenvalue weighted by molar-refractivity contribution is 7.94. The van der Waals surface area contributed by atoms with Crippen LogP contribution in [0.2, 0.25) is 5.02 Å². The molecule has 14 heteroatoms. The molecule has 1 amide bonds. The summed E-state index contributed by atoms with van der Waals surface area (Å²) in [6.07, 6.45) is 1.02. The second-order valence-corrected chi connectivity index (χ2v) is 9.96. The number of anilines is 2. The number of hydrogen-bond donors (Lipinski definition) is 4. The first-order valence-electron chi connectivity index (χ1n) is 10.0. The summed E-state index contributed by atoms with van der Waals surface area (Å²) in [5.74, 6) is -3.10. The number of halogens is 3. The summed E-state index contributed by atoms with van der Waals surface area (Å²) in [6, 6.07) is 6.28. The van der Waals surface area contributed by atoms with Crippen LogP contribution in [0.25, 0.3) is 0 Å². The van der Waals surface area contributed by atoms with E-state index in [1.165, 1.54) is 0 Å². The average Bonchev–Trinajstić information content (AvgIpc) is 3.34. The van der Waals surface area contributed by atoms with E-state index in [0.717, 1.165) is 12.9 Å². The van der Waals surface area contributed by atoms with Gasteiger partial charge >= 0.3 is 0 Å². The van der Waals surface area contributed by atoms with E-state index in [1.54, 1.807) is 18.2 Å². The van der Waals surface area contributed by atoms with Crippen molar-refractivity contribution in [2.75, 3.05) is 29.7 Å². The topological polar surface area (TPSA) is 125 Å². The van der Waals surface area contributed by atoms with Crippen LogP contribution in [0.3, 0.4) is 0 Å². The van der Waals surface area contributed by atoms with Gasteiger partial charge in [-0.1, -0.05) is 24.6 Å². The van der Waals surface area contributed by atoms with Crippen LogP contribution in [0.5, 0.6) is 0 Å². The van der Waals surface area contributed by atoms with Gasteiger partial charge in [-0.05, 0) is 41.8 Å². The molecule has 0 atom stereocenters. The van der Waals surface area contributed by atoms with Gasteiger partial charge in [0.1, 0.15) is 18.0 Å². The quantitative estimate of drug-likeness (QED) is 0.280. The lowest BCUT2D eigenvalue weighted by atomic mass is 10.1. The standard InChI is InChI=1S/C20H21ClF2N6O3S2/c1-2-24-5-6-25-17-7-13(21)4-3-12(17)10-26-19(30)14-8-16(23)18(9-15(14)22)29-34(31,32)20-27-11-28-33-20/h3-4,7-9,11,24-25,29H,2,5-6,10H2,1H3,(H,26,30). The van der Waals surface area contributed by atoms with Gasteiger partial charge in [-0.3, -0.25) is 9.52 Å². The van der Waals surface area contributed by atoms with E-state index < -0.39 is 43.2 Å². The summed E-state index contributed by atoms with van der Waals surface area (Å²) in [5, 5.41) is 9.41. The zero-order valence-electron chi connectivity index (χ0n) is 17.9. The van der Waals surface area contributed by atoms with Crippen molar-refractivity contribution >= 4 is 50.4 Å². The smallest absolute Gasteiger partial charge is 0.290 e. The fourth-order valence-electron chi connectivity index (χ4n) is 2.87. The molecule has 182 valence electrons. The third kappa shape index (κ3) is 6.59. The second-order valence-electron chi connectivity index (χ2n) is 6.89. The van der Waals surface area contributed by atoms with E-state index in [0.29, 0.717) is 53.0 Å². The van der Waals surface area contributed by atoms with Crippen molar-refractivity contribution in [2.45, 2.75) is 17.8 Å². The highest BCUT2D eigenvalue weighted by atomic mass is 35.5. The molecule has 0 fully saturated rings. The van der Waals surface area contributed by atoms with E-state index in [2.05, 4.69) is 25.3 Å². The highest BCUT2D eigenvalue weighted by Crippen LogP contribution is 2.24. The molecule has 0 bridgehead atoms. The van der Waals surface area contributed by atoms with Gasteiger partial charge in [-0.25, -0.2) is 13.8 Å². The van der Waals surface area contributed by atoms with Crippen molar-refractivity contribution in [1.82, 2.24) is 20.0 Å². The number of rotatable bonds is 11. The molecule has 9 nitrogen and oxygen atoms in total. The molecule has 0 spiro atoms. The van der Waals surface area contributed by atoms with Crippen LogP contribution in [0.15, 0.2) is 41.0 Å². The van der Waals surface area contributed by atoms with E-state index >= 15 is 0 Å². The lowest BCUT2D eigenvalue weighted by Crippen LogP contribution is -2.26. The van der Waals surface area contributed by atoms with Crippen molar-refractivity contribution < 1.29 is 22.0 Å². The maximum absolute atomic E-state index is 14.6. The lowest BCUT2D eigenvalue weighted by molar-refractivity contribution is 0.0946. The fourth-order valence-corrected chi connectivity index (χ4v) is 4.69. The molecule has 0 radical (unpaired) electrons. The van der Waals surface area contributed by atoms with Crippen LogP contribution in [0.4, 0.5) is 20.2 Å². The number of amides is 1. The number of nitrogens with zero attached hydrogens (tertiary/aromatic N) is 2. The first kappa shape index (κ1) is 25.7. The van der Waals surface area contributed by atoms with Crippen molar-refractivity contribution in [3.8, 4) is 0 Å². The maximum atomic E-state index is 14.6. The third-order valence-electron chi connectivity index (χ3n) is 4.50. The molecular weight excluding hydrogens is 510 g/mol. The first-order chi connectivity index (χ1) is 16.2. The Morgan fingerprint density at radius 3 is 2.62 bits per heavy atom. The third-order valence-corrected chi connectivity index (χ3v) is 7.13. The number of nitrogens with one attached hydrogen (secondary N) is 4. The number of benzene rings is 2. The first-order valence-corrected chi connectivity index (χ1v) is 12.6. The number of aromatic nitrogens is 2. The Bertz CT molecular complexity index is 1260. The summed E-state index contributed by atoms with van der Waals surface area (Å²) >= 11 is 6.63. The summed E-state index contributed by atoms with van der Waals surface area (Å²) in [4.78, 5) is 16.1. The number of likely N-dealkylation sites (N-methyl/N-ethyl adjacent to an activating group) is 1. The normalized spacial score (nSPS) is 11.3. The minimum absolute atomic E-state index is 0.0199. The van der Waals surface area contributed by atoms with E-state index in [-0.39, 0.29) is 6.54 Å². The monoisotopic (exact) mass is 530 g/mol. The van der Waals surface area contributed by atoms with Gasteiger partial charge in [0.25, 0.3) is 15.9 Å². The Hall–Kier alpha value is -2.87. The van der Waals surface area contributed by atoms with Gasteiger partial charge in [0.15, 0.2) is 0 Å². The molecule has 0 saturated heterocycles. The van der Waals surface area contributed by atoms with Crippen molar-refractivity contribution in [2.24, 2.45) is 0 Å². The number of sulfonamides is 1. The molecule has 0 aliphatic carbocycles. The van der Waals surface area contributed by atoms with Gasteiger partial charge in [0.2, 0.25) is 4.34 Å². The van der Waals surface area contributed by atoms with Gasteiger partial charge in [0, 0.05) is 36.4 Å². The molecule has 1 heterocycles. The highest BCUT2D eigenvalue weighted by Gasteiger charge is 2.23. The molecule has 34 heavy (non-hydrogen) atoms. The maximum Gasteiger partial charge on any atom is 0.290 e. The number of carbonyl (C=O) groups is 1. The van der Waals surface area contributed by atoms with Crippen LogP contribution >= 0.6 is 23.1 Å². The second kappa shape index (κ2) is 11.5. The molecule has 2 aromatic carbocycles. The fraction of sp³-hybridized carbons (Fsp3) is 0.250. The van der Waals surface area contributed by atoms with Gasteiger partial charge in [0.05, 0.1) is 11.3 Å². The van der Waals surface area contributed by atoms with Crippen LogP contribution < -0.4 is 20.7 Å². The molecule has 3 rings (SSSR count). The Morgan fingerprint density at radius 1 is 1.12 bits per heavy atom.